The second-order valence-corrected chi connectivity index (χ2v) is 15.0. The van der Waals surface area contributed by atoms with Gasteiger partial charge in [0, 0.05) is 79.0 Å². The molecule has 0 bridgehead atoms. The van der Waals surface area contributed by atoms with Gasteiger partial charge in [-0.25, -0.2) is 32.8 Å². The maximum absolute atomic E-state index is 13.7. The molecule has 0 saturated heterocycles. The summed E-state index contributed by atoms with van der Waals surface area (Å²) in [4.78, 5) is 32.9. The van der Waals surface area contributed by atoms with Gasteiger partial charge in [0.25, 0.3) is 5.91 Å². The number of hydrogen-bond acceptors (Lipinski definition) is 11. The number of halogens is 3. The molecule has 16 nitrogen and oxygen atoms in total. The molecule has 328 valence electrons. The molecular weight excluding hydrogens is 860 g/mol. The molecule has 0 aliphatic carbocycles. The molecule has 0 saturated carbocycles. The van der Waals surface area contributed by atoms with E-state index in [4.69, 9.17) is 26.1 Å². The molecule has 19 heteroatoms. The first-order valence-electron chi connectivity index (χ1n) is 20.4. The zero-order valence-corrected chi connectivity index (χ0v) is 35.4. The highest BCUT2D eigenvalue weighted by Gasteiger charge is 2.24. The lowest BCUT2D eigenvalue weighted by Gasteiger charge is -2.08. The van der Waals surface area contributed by atoms with Gasteiger partial charge in [-0.3, -0.25) is 24.1 Å². The van der Waals surface area contributed by atoms with Gasteiger partial charge in [-0.15, -0.1) is 0 Å². The van der Waals surface area contributed by atoms with Crippen LogP contribution in [0.2, 0.25) is 0 Å². The third-order valence-corrected chi connectivity index (χ3v) is 10.6. The van der Waals surface area contributed by atoms with Crippen LogP contribution < -0.4 is 11.1 Å². The molecule has 9 aromatic heterocycles. The molecule has 0 atom stereocenters. The Kier molecular flexibility index (Phi) is 10.7. The standard InChI is InChI=1S/C27H18F2N8O.C21H16FN7/c1-36-26(17-8-11-30-12-9-17)24(25(35-36)16-2-4-19(28)5-3-16)20-6-7-23-32-22(15-37(23)34-20)33-27(38)18-10-13-31-21(29)14-18;1-28-21(14-8-10-24-11-9-14)19(20(27-28)13-2-4-15(22)5-3-13)16-6-7-18-25-17(23)12-29(18)26-16/h2-15H,1H3,(H,33,38);2-12H,23H2,1H3. The van der Waals surface area contributed by atoms with Gasteiger partial charge in [-0.1, -0.05) is 0 Å². The number of nitrogens with one attached hydrogen (secondary N) is 1. The van der Waals surface area contributed by atoms with Gasteiger partial charge in [0.1, 0.15) is 28.8 Å². The number of aromatic nitrogens is 13. The Labute approximate surface area is 377 Å². The average molecular weight is 894 g/mol. The Hall–Kier alpha value is -9.39. The molecule has 0 aliphatic heterocycles. The number of benzene rings is 2. The predicted octanol–water partition coefficient (Wildman–Crippen LogP) is 8.36. The van der Waals surface area contributed by atoms with E-state index < -0.39 is 11.9 Å². The normalized spacial score (nSPS) is 11.2. The van der Waals surface area contributed by atoms with Gasteiger partial charge >= 0.3 is 0 Å². The molecule has 11 aromatic rings. The zero-order valence-electron chi connectivity index (χ0n) is 35.4. The molecule has 9 heterocycles. The van der Waals surface area contributed by atoms with Crippen LogP contribution in [0.15, 0.2) is 153 Å². The molecule has 67 heavy (non-hydrogen) atoms. The third-order valence-electron chi connectivity index (χ3n) is 10.6. The zero-order chi connectivity index (χ0) is 46.2. The number of amides is 1. The molecule has 0 unspecified atom stereocenters. The lowest BCUT2D eigenvalue weighted by atomic mass is 9.99. The molecule has 0 fully saturated rings. The summed E-state index contributed by atoms with van der Waals surface area (Å²) in [6.07, 6.45) is 11.3. The Morgan fingerprint density at radius 3 is 1.55 bits per heavy atom. The number of hydrogen-bond donors (Lipinski definition) is 2. The summed E-state index contributed by atoms with van der Waals surface area (Å²) in [5, 5.41) is 21.6. The highest BCUT2D eigenvalue weighted by Crippen LogP contribution is 2.40. The number of anilines is 2. The van der Waals surface area contributed by atoms with Crippen molar-refractivity contribution in [2.75, 3.05) is 11.1 Å². The minimum atomic E-state index is -0.752. The number of nitrogens with two attached hydrogens (primary N) is 1. The first-order valence-corrected chi connectivity index (χ1v) is 20.4. The maximum atomic E-state index is 13.7. The Bertz CT molecular complexity index is 3590. The van der Waals surface area contributed by atoms with E-state index in [2.05, 4.69) is 30.2 Å². The summed E-state index contributed by atoms with van der Waals surface area (Å²) >= 11 is 0. The fourth-order valence-electron chi connectivity index (χ4n) is 7.68. The molecule has 0 aliphatic rings. The molecule has 1 amide bonds. The van der Waals surface area contributed by atoms with Crippen LogP contribution in [0.5, 0.6) is 0 Å². The predicted molar refractivity (Wildman–Crippen MR) is 244 cm³/mol. The van der Waals surface area contributed by atoms with Crippen molar-refractivity contribution in [1.82, 2.24) is 63.7 Å². The summed E-state index contributed by atoms with van der Waals surface area (Å²) in [6, 6.07) is 29.7. The quantitative estimate of drug-likeness (QED) is 0.139. The molecule has 0 radical (unpaired) electrons. The second kappa shape index (κ2) is 17.3. The van der Waals surface area contributed by atoms with Crippen LogP contribution in [0.1, 0.15) is 10.4 Å². The second-order valence-electron chi connectivity index (χ2n) is 15.0. The van der Waals surface area contributed by atoms with E-state index in [9.17, 15) is 18.0 Å². The minimum absolute atomic E-state index is 0.115. The van der Waals surface area contributed by atoms with Gasteiger partial charge in [0.15, 0.2) is 17.1 Å². The van der Waals surface area contributed by atoms with Crippen molar-refractivity contribution in [3.63, 3.8) is 0 Å². The van der Waals surface area contributed by atoms with E-state index in [1.807, 2.05) is 50.5 Å². The number of pyridine rings is 3. The lowest BCUT2D eigenvalue weighted by Crippen LogP contribution is -2.12. The smallest absolute Gasteiger partial charge is 0.257 e. The average Bonchev–Trinajstić information content (AvgIpc) is 4.11. The number of fused-ring (bicyclic) bond motifs is 2. The van der Waals surface area contributed by atoms with Crippen molar-refractivity contribution in [3.8, 4) is 67.5 Å². The largest absolute Gasteiger partial charge is 0.382 e. The van der Waals surface area contributed by atoms with Crippen LogP contribution in [0.3, 0.4) is 0 Å². The number of carbonyl (C=O) groups is 1. The van der Waals surface area contributed by atoms with E-state index in [0.717, 1.165) is 50.8 Å². The Balaban J connectivity index is 0.000000162. The van der Waals surface area contributed by atoms with Crippen molar-refractivity contribution in [2.24, 2.45) is 14.1 Å². The number of nitrogen functional groups attached to an aromatic ring is 1. The monoisotopic (exact) mass is 893 g/mol. The Morgan fingerprint density at radius 2 is 1.04 bits per heavy atom. The number of carbonyl (C=O) groups excluding carboxylic acids is 1. The van der Waals surface area contributed by atoms with Gasteiger partial charge in [0.05, 0.1) is 46.3 Å². The number of nitrogens with zero attached hydrogens (tertiary/aromatic N) is 13. The fraction of sp³-hybridized carbons (Fsp3) is 0.0417. The van der Waals surface area contributed by atoms with Gasteiger partial charge in [0.2, 0.25) is 5.95 Å². The van der Waals surface area contributed by atoms with E-state index in [-0.39, 0.29) is 23.0 Å². The van der Waals surface area contributed by atoms with Crippen LogP contribution in [-0.2, 0) is 14.1 Å². The van der Waals surface area contributed by atoms with Gasteiger partial charge < -0.3 is 11.1 Å². The number of rotatable bonds is 8. The van der Waals surface area contributed by atoms with Gasteiger partial charge in [-0.2, -0.15) is 24.8 Å². The highest BCUT2D eigenvalue weighted by molar-refractivity contribution is 6.03. The maximum Gasteiger partial charge on any atom is 0.257 e. The van der Waals surface area contributed by atoms with Crippen LogP contribution >= 0.6 is 0 Å². The van der Waals surface area contributed by atoms with Crippen molar-refractivity contribution >= 4 is 28.8 Å². The van der Waals surface area contributed by atoms with Crippen LogP contribution in [0.25, 0.3) is 78.8 Å². The summed E-state index contributed by atoms with van der Waals surface area (Å²) in [5.74, 6) is -1.28. The third kappa shape index (κ3) is 8.30. The van der Waals surface area contributed by atoms with Crippen molar-refractivity contribution in [1.29, 1.82) is 0 Å². The summed E-state index contributed by atoms with van der Waals surface area (Å²) in [5.41, 5.74) is 16.3. The molecule has 0 spiro atoms. The minimum Gasteiger partial charge on any atom is -0.382 e. The number of aryl methyl sites for hydroxylation is 2. The van der Waals surface area contributed by atoms with Crippen molar-refractivity contribution in [2.45, 2.75) is 0 Å². The Morgan fingerprint density at radius 1 is 0.552 bits per heavy atom. The summed E-state index contributed by atoms with van der Waals surface area (Å²) in [7, 11) is 3.71. The molecular formula is C48H34F3N15O. The molecule has 11 rings (SSSR count). The van der Waals surface area contributed by atoms with E-state index in [1.165, 1.54) is 41.0 Å². The van der Waals surface area contributed by atoms with E-state index in [1.54, 1.807) is 87.5 Å². The molecule has 3 N–H and O–H groups in total. The SMILES string of the molecule is Cn1nc(-c2ccc(F)cc2)c(-c2ccc3nc(N)cn3n2)c1-c1ccncc1.Cn1nc(-c2ccc(F)cc2)c(-c2ccc3nc(NC(=O)c4ccnc(F)c4)cn3n2)c1-c1ccncc1. The van der Waals surface area contributed by atoms with Crippen molar-refractivity contribution < 1.29 is 18.0 Å². The van der Waals surface area contributed by atoms with E-state index >= 15 is 0 Å². The first-order chi connectivity index (χ1) is 32.6. The van der Waals surface area contributed by atoms with Crippen LogP contribution in [-0.4, -0.2) is 69.6 Å². The summed E-state index contributed by atoms with van der Waals surface area (Å²) in [6.45, 7) is 0. The van der Waals surface area contributed by atoms with Crippen LogP contribution in [0, 0.1) is 17.6 Å². The van der Waals surface area contributed by atoms with Crippen LogP contribution in [0.4, 0.5) is 24.8 Å². The van der Waals surface area contributed by atoms with Gasteiger partial charge in [-0.05, 0) is 103 Å². The first kappa shape index (κ1) is 41.6. The van der Waals surface area contributed by atoms with E-state index in [0.29, 0.717) is 39.9 Å². The highest BCUT2D eigenvalue weighted by atomic mass is 19.1. The molecule has 2 aromatic carbocycles. The van der Waals surface area contributed by atoms with Crippen molar-refractivity contribution in [3.05, 3.63) is 176 Å². The topological polar surface area (TPSA) is 190 Å². The lowest BCUT2D eigenvalue weighted by molar-refractivity contribution is 0.102. The fourth-order valence-corrected chi connectivity index (χ4v) is 7.68. The summed E-state index contributed by atoms with van der Waals surface area (Å²) < 4.78 is 47.3. The number of imidazole rings is 2.